The van der Waals surface area contributed by atoms with Crippen LogP contribution in [0.3, 0.4) is 0 Å². The molecule has 0 radical (unpaired) electrons. The van der Waals surface area contributed by atoms with Gasteiger partial charge in [0.25, 0.3) is 0 Å². The molecular weight excluding hydrogens is 248 g/mol. The predicted octanol–water partition coefficient (Wildman–Crippen LogP) is 4.06. The maximum absolute atomic E-state index is 11.6. The summed E-state index contributed by atoms with van der Waals surface area (Å²) in [5.74, 6) is 0.207. The third-order valence-electron chi connectivity index (χ3n) is 3.99. The SMILES string of the molecule is CCC(=O)CCC(C)(C=O)c1ccc2ccccc2c1. The minimum atomic E-state index is -0.588. The van der Waals surface area contributed by atoms with Crippen LogP contribution in [0.5, 0.6) is 0 Å². The number of rotatable bonds is 6. The van der Waals surface area contributed by atoms with Crippen molar-refractivity contribution in [2.75, 3.05) is 0 Å². The van der Waals surface area contributed by atoms with Gasteiger partial charge in [0.05, 0.1) is 0 Å². The Labute approximate surface area is 119 Å². The molecule has 2 aromatic carbocycles. The average molecular weight is 268 g/mol. The summed E-state index contributed by atoms with van der Waals surface area (Å²) in [6, 6.07) is 14.2. The van der Waals surface area contributed by atoms with Crippen molar-refractivity contribution >= 4 is 22.8 Å². The summed E-state index contributed by atoms with van der Waals surface area (Å²) in [5.41, 5.74) is 0.393. The standard InChI is InChI=1S/C18H20O2/c1-3-17(20)10-11-18(2,13-19)16-9-8-14-6-4-5-7-15(14)12-16/h4-9,12-13H,3,10-11H2,1-2H3. The van der Waals surface area contributed by atoms with E-state index in [0.717, 1.165) is 22.6 Å². The van der Waals surface area contributed by atoms with Gasteiger partial charge >= 0.3 is 0 Å². The molecule has 2 rings (SSSR count). The number of fused-ring (bicyclic) bond motifs is 1. The quantitative estimate of drug-likeness (QED) is 0.740. The van der Waals surface area contributed by atoms with Gasteiger partial charge in [-0.25, -0.2) is 0 Å². The van der Waals surface area contributed by atoms with Crippen LogP contribution in [0.1, 0.15) is 38.7 Å². The third kappa shape index (κ3) is 2.96. The van der Waals surface area contributed by atoms with Gasteiger partial charge in [0.2, 0.25) is 0 Å². The fourth-order valence-electron chi connectivity index (χ4n) is 2.39. The average Bonchev–Trinajstić information content (AvgIpc) is 2.51. The summed E-state index contributed by atoms with van der Waals surface area (Å²) in [6.07, 6.45) is 2.53. The number of carbonyl (C=O) groups is 2. The van der Waals surface area contributed by atoms with Crippen LogP contribution in [0.25, 0.3) is 10.8 Å². The Hall–Kier alpha value is -1.96. The van der Waals surface area contributed by atoms with Crippen molar-refractivity contribution in [3.8, 4) is 0 Å². The molecular formula is C18H20O2. The highest BCUT2D eigenvalue weighted by Gasteiger charge is 2.26. The fraction of sp³-hybridized carbons (Fsp3) is 0.333. The maximum Gasteiger partial charge on any atom is 0.132 e. The minimum Gasteiger partial charge on any atom is -0.302 e. The molecule has 0 aliphatic heterocycles. The first-order valence-electron chi connectivity index (χ1n) is 7.06. The summed E-state index contributed by atoms with van der Waals surface area (Å²) in [4.78, 5) is 23.1. The fourth-order valence-corrected chi connectivity index (χ4v) is 2.39. The van der Waals surface area contributed by atoms with E-state index in [9.17, 15) is 9.59 Å². The van der Waals surface area contributed by atoms with E-state index in [1.165, 1.54) is 0 Å². The minimum absolute atomic E-state index is 0.207. The normalized spacial score (nSPS) is 13.9. The van der Waals surface area contributed by atoms with E-state index in [4.69, 9.17) is 0 Å². The summed E-state index contributed by atoms with van der Waals surface area (Å²) in [7, 11) is 0. The van der Waals surface area contributed by atoms with E-state index in [-0.39, 0.29) is 5.78 Å². The Bertz CT molecular complexity index is 630. The predicted molar refractivity (Wildman–Crippen MR) is 81.9 cm³/mol. The van der Waals surface area contributed by atoms with Crippen molar-refractivity contribution in [3.63, 3.8) is 0 Å². The van der Waals surface area contributed by atoms with Gasteiger partial charge in [-0.2, -0.15) is 0 Å². The molecule has 1 unspecified atom stereocenters. The summed E-state index contributed by atoms with van der Waals surface area (Å²) >= 11 is 0. The van der Waals surface area contributed by atoms with Crippen LogP contribution in [-0.4, -0.2) is 12.1 Å². The van der Waals surface area contributed by atoms with Crippen LogP contribution in [0.15, 0.2) is 42.5 Å². The Kier molecular flexibility index (Phi) is 4.33. The van der Waals surface area contributed by atoms with E-state index in [2.05, 4.69) is 12.1 Å². The third-order valence-corrected chi connectivity index (χ3v) is 3.99. The Morgan fingerprint density at radius 3 is 2.50 bits per heavy atom. The van der Waals surface area contributed by atoms with Crippen LogP contribution in [0, 0.1) is 0 Å². The number of aldehydes is 1. The van der Waals surface area contributed by atoms with Crippen molar-refractivity contribution in [2.24, 2.45) is 0 Å². The molecule has 0 amide bonds. The first-order chi connectivity index (χ1) is 9.59. The molecule has 0 aliphatic carbocycles. The van der Waals surface area contributed by atoms with Crippen LogP contribution >= 0.6 is 0 Å². The second-order valence-corrected chi connectivity index (χ2v) is 5.49. The van der Waals surface area contributed by atoms with Crippen LogP contribution in [0.2, 0.25) is 0 Å². The molecule has 2 nitrogen and oxygen atoms in total. The second-order valence-electron chi connectivity index (χ2n) is 5.49. The molecule has 0 heterocycles. The first kappa shape index (κ1) is 14.4. The van der Waals surface area contributed by atoms with Gasteiger partial charge in [0.15, 0.2) is 0 Å². The number of benzene rings is 2. The molecule has 2 heteroatoms. The number of ketones is 1. The van der Waals surface area contributed by atoms with Gasteiger partial charge in [0.1, 0.15) is 12.1 Å². The first-order valence-corrected chi connectivity index (χ1v) is 7.06. The molecule has 0 aliphatic rings. The van der Waals surface area contributed by atoms with Gasteiger partial charge in [-0.1, -0.05) is 49.4 Å². The van der Waals surface area contributed by atoms with E-state index in [1.54, 1.807) is 0 Å². The van der Waals surface area contributed by atoms with Crippen LogP contribution in [-0.2, 0) is 15.0 Å². The van der Waals surface area contributed by atoms with Crippen molar-refractivity contribution in [3.05, 3.63) is 48.0 Å². The molecule has 0 spiro atoms. The largest absolute Gasteiger partial charge is 0.302 e. The molecule has 0 fully saturated rings. The number of hydrogen-bond donors (Lipinski definition) is 0. The highest BCUT2D eigenvalue weighted by atomic mass is 16.1. The summed E-state index contributed by atoms with van der Waals surface area (Å²) in [6.45, 7) is 3.77. The van der Waals surface area contributed by atoms with Crippen molar-refractivity contribution < 1.29 is 9.59 Å². The zero-order valence-electron chi connectivity index (χ0n) is 12.1. The molecule has 104 valence electrons. The Morgan fingerprint density at radius 1 is 1.15 bits per heavy atom. The lowest BCUT2D eigenvalue weighted by Crippen LogP contribution is -2.24. The van der Waals surface area contributed by atoms with Crippen LogP contribution < -0.4 is 0 Å². The Balaban J connectivity index is 2.32. The van der Waals surface area contributed by atoms with Gasteiger partial charge in [-0.15, -0.1) is 0 Å². The zero-order valence-corrected chi connectivity index (χ0v) is 12.1. The van der Waals surface area contributed by atoms with Gasteiger partial charge < -0.3 is 4.79 Å². The van der Waals surface area contributed by atoms with Gasteiger partial charge in [0, 0.05) is 18.3 Å². The lowest BCUT2D eigenvalue weighted by Gasteiger charge is -2.23. The number of carbonyl (C=O) groups excluding carboxylic acids is 2. The number of hydrogen-bond acceptors (Lipinski definition) is 2. The smallest absolute Gasteiger partial charge is 0.132 e. The lowest BCUT2D eigenvalue weighted by atomic mass is 9.78. The van der Waals surface area contributed by atoms with E-state index in [1.807, 2.05) is 44.2 Å². The van der Waals surface area contributed by atoms with Crippen molar-refractivity contribution in [1.82, 2.24) is 0 Å². The van der Waals surface area contributed by atoms with E-state index in [0.29, 0.717) is 19.3 Å². The van der Waals surface area contributed by atoms with E-state index >= 15 is 0 Å². The molecule has 0 saturated carbocycles. The summed E-state index contributed by atoms with van der Waals surface area (Å²) < 4.78 is 0. The van der Waals surface area contributed by atoms with Gasteiger partial charge in [-0.3, -0.25) is 4.79 Å². The second kappa shape index (κ2) is 6.00. The molecule has 1 atom stereocenters. The maximum atomic E-state index is 11.6. The lowest BCUT2D eigenvalue weighted by molar-refractivity contribution is -0.119. The Morgan fingerprint density at radius 2 is 1.85 bits per heavy atom. The highest BCUT2D eigenvalue weighted by molar-refractivity contribution is 5.85. The molecule has 20 heavy (non-hydrogen) atoms. The summed E-state index contributed by atoms with van der Waals surface area (Å²) in [5, 5.41) is 2.29. The molecule has 0 aromatic heterocycles. The molecule has 2 aromatic rings. The molecule has 0 saturated heterocycles. The number of Topliss-reactive ketones (excluding diaryl/α,β-unsaturated/α-hetero) is 1. The van der Waals surface area contributed by atoms with Crippen molar-refractivity contribution in [1.29, 1.82) is 0 Å². The zero-order chi connectivity index (χ0) is 14.6. The molecule has 0 bridgehead atoms. The monoisotopic (exact) mass is 268 g/mol. The van der Waals surface area contributed by atoms with Crippen molar-refractivity contribution in [2.45, 2.75) is 38.5 Å². The van der Waals surface area contributed by atoms with E-state index < -0.39 is 5.41 Å². The van der Waals surface area contributed by atoms with Gasteiger partial charge in [-0.05, 0) is 29.7 Å². The highest BCUT2D eigenvalue weighted by Crippen LogP contribution is 2.29. The molecule has 0 N–H and O–H groups in total. The topological polar surface area (TPSA) is 34.1 Å². The van der Waals surface area contributed by atoms with Crippen LogP contribution in [0.4, 0.5) is 0 Å².